The van der Waals surface area contributed by atoms with Gasteiger partial charge in [-0.3, -0.25) is 0 Å². The van der Waals surface area contributed by atoms with Gasteiger partial charge in [0.1, 0.15) is 0 Å². The molecule has 0 aliphatic carbocycles. The fourth-order valence-electron chi connectivity index (χ4n) is 1.66. The molecule has 18 heavy (non-hydrogen) atoms. The summed E-state index contributed by atoms with van der Waals surface area (Å²) < 4.78 is 25.6. The fourth-order valence-corrected chi connectivity index (χ4v) is 3.33. The van der Waals surface area contributed by atoms with E-state index >= 15 is 0 Å². The van der Waals surface area contributed by atoms with Gasteiger partial charge in [-0.25, -0.2) is 8.42 Å². The van der Waals surface area contributed by atoms with Gasteiger partial charge in [-0.2, -0.15) is 4.31 Å². The number of hydrogen-bond acceptors (Lipinski definition) is 2. The second-order valence-corrected chi connectivity index (χ2v) is 7.00. The maximum atomic E-state index is 12.1. The molecule has 5 heteroatoms. The summed E-state index contributed by atoms with van der Waals surface area (Å²) in [4.78, 5) is 0. The minimum absolute atomic E-state index is 0.177. The molecule has 0 heterocycles. The van der Waals surface area contributed by atoms with Crippen molar-refractivity contribution in [3.05, 3.63) is 34.9 Å². The van der Waals surface area contributed by atoms with E-state index in [1.54, 1.807) is 19.2 Å². The van der Waals surface area contributed by atoms with E-state index in [2.05, 4.69) is 0 Å². The van der Waals surface area contributed by atoms with Crippen LogP contribution in [-0.4, -0.2) is 25.5 Å². The Morgan fingerprint density at radius 2 is 1.83 bits per heavy atom. The zero-order chi connectivity index (χ0) is 13.8. The topological polar surface area (TPSA) is 37.4 Å². The van der Waals surface area contributed by atoms with Crippen LogP contribution < -0.4 is 0 Å². The summed E-state index contributed by atoms with van der Waals surface area (Å²) in [7, 11) is -1.55. The van der Waals surface area contributed by atoms with E-state index in [-0.39, 0.29) is 11.8 Å². The van der Waals surface area contributed by atoms with E-state index in [1.807, 2.05) is 26.0 Å². The van der Waals surface area contributed by atoms with Crippen LogP contribution in [0.4, 0.5) is 0 Å². The standard InChI is InChI=1S/C13H20ClNO2S/c1-4-5-10-18(16,17)15(3)11(2)12-6-8-13(14)9-7-12/h6-9,11H,4-5,10H2,1-3H3/t11-/m0/s1. The normalized spacial score (nSPS) is 13.8. The molecule has 0 spiro atoms. The Hall–Kier alpha value is -0.580. The lowest BCUT2D eigenvalue weighted by Gasteiger charge is -2.24. The maximum Gasteiger partial charge on any atom is 0.214 e. The maximum absolute atomic E-state index is 12.1. The smallest absolute Gasteiger partial charge is 0.212 e. The summed E-state index contributed by atoms with van der Waals surface area (Å²) in [5, 5.41) is 0.655. The van der Waals surface area contributed by atoms with E-state index in [0.717, 1.165) is 12.0 Å². The van der Waals surface area contributed by atoms with Gasteiger partial charge in [0.25, 0.3) is 0 Å². The molecule has 3 nitrogen and oxygen atoms in total. The zero-order valence-corrected chi connectivity index (χ0v) is 12.6. The lowest BCUT2D eigenvalue weighted by molar-refractivity contribution is 0.397. The molecule has 0 saturated heterocycles. The van der Waals surface area contributed by atoms with Crippen LogP contribution in [0.1, 0.15) is 38.3 Å². The molecule has 0 radical (unpaired) electrons. The van der Waals surface area contributed by atoms with Crippen molar-refractivity contribution in [3.8, 4) is 0 Å². The molecule has 1 aromatic carbocycles. The van der Waals surface area contributed by atoms with Crippen molar-refractivity contribution in [2.75, 3.05) is 12.8 Å². The number of rotatable bonds is 6. The molecule has 0 aromatic heterocycles. The second-order valence-electron chi connectivity index (χ2n) is 4.41. The third-order valence-electron chi connectivity index (χ3n) is 3.09. The van der Waals surface area contributed by atoms with Crippen LogP contribution in [0.15, 0.2) is 24.3 Å². The Morgan fingerprint density at radius 1 is 1.28 bits per heavy atom. The van der Waals surface area contributed by atoms with Crippen LogP contribution in [0.25, 0.3) is 0 Å². The number of hydrogen-bond donors (Lipinski definition) is 0. The highest BCUT2D eigenvalue weighted by molar-refractivity contribution is 7.89. The van der Waals surface area contributed by atoms with Gasteiger partial charge < -0.3 is 0 Å². The van der Waals surface area contributed by atoms with Crippen LogP contribution >= 0.6 is 11.6 Å². The average Bonchev–Trinajstić information content (AvgIpc) is 2.35. The summed E-state index contributed by atoms with van der Waals surface area (Å²) in [6.07, 6.45) is 1.57. The number of sulfonamides is 1. The van der Waals surface area contributed by atoms with Crippen molar-refractivity contribution >= 4 is 21.6 Å². The first-order valence-corrected chi connectivity index (χ1v) is 8.08. The quantitative estimate of drug-likeness (QED) is 0.804. The molecule has 0 N–H and O–H groups in total. The minimum Gasteiger partial charge on any atom is -0.212 e. The van der Waals surface area contributed by atoms with Gasteiger partial charge in [-0.1, -0.05) is 37.1 Å². The van der Waals surface area contributed by atoms with Crippen LogP contribution in [0.5, 0.6) is 0 Å². The Labute approximate surface area is 115 Å². The molecular weight excluding hydrogens is 270 g/mol. The van der Waals surface area contributed by atoms with E-state index < -0.39 is 10.0 Å². The molecule has 0 unspecified atom stereocenters. The van der Waals surface area contributed by atoms with E-state index in [9.17, 15) is 8.42 Å². The summed E-state index contributed by atoms with van der Waals surface area (Å²) in [6, 6.07) is 7.10. The lowest BCUT2D eigenvalue weighted by atomic mass is 10.1. The van der Waals surface area contributed by atoms with Crippen molar-refractivity contribution in [3.63, 3.8) is 0 Å². The van der Waals surface area contributed by atoms with Crippen molar-refractivity contribution in [2.24, 2.45) is 0 Å². The van der Waals surface area contributed by atoms with Crippen molar-refractivity contribution in [1.29, 1.82) is 0 Å². The molecule has 0 bridgehead atoms. The van der Waals surface area contributed by atoms with Crippen LogP contribution in [-0.2, 0) is 10.0 Å². The Kier molecular flexibility index (Phi) is 5.63. The van der Waals surface area contributed by atoms with Gasteiger partial charge in [0.2, 0.25) is 10.0 Å². The average molecular weight is 290 g/mol. The molecule has 0 aliphatic heterocycles. The second kappa shape index (κ2) is 6.55. The fraction of sp³-hybridized carbons (Fsp3) is 0.538. The number of nitrogens with zero attached hydrogens (tertiary/aromatic N) is 1. The summed E-state index contributed by atoms with van der Waals surface area (Å²) in [5.74, 6) is 0.206. The lowest BCUT2D eigenvalue weighted by Crippen LogP contribution is -2.31. The van der Waals surface area contributed by atoms with Crippen molar-refractivity contribution in [1.82, 2.24) is 4.31 Å². The SMILES string of the molecule is CCCCS(=O)(=O)N(C)[C@@H](C)c1ccc(Cl)cc1. The first-order valence-electron chi connectivity index (χ1n) is 6.09. The summed E-state index contributed by atoms with van der Waals surface area (Å²) in [6.45, 7) is 3.87. The van der Waals surface area contributed by atoms with Crippen molar-refractivity contribution in [2.45, 2.75) is 32.7 Å². The van der Waals surface area contributed by atoms with Gasteiger partial charge in [0.15, 0.2) is 0 Å². The summed E-state index contributed by atoms with van der Waals surface area (Å²) >= 11 is 5.82. The highest BCUT2D eigenvalue weighted by atomic mass is 35.5. The van der Waals surface area contributed by atoms with Gasteiger partial charge in [-0.15, -0.1) is 0 Å². The van der Waals surface area contributed by atoms with Gasteiger partial charge in [0, 0.05) is 18.1 Å². The third-order valence-corrected chi connectivity index (χ3v) is 5.34. The van der Waals surface area contributed by atoms with Crippen LogP contribution in [0, 0.1) is 0 Å². The molecule has 1 atom stereocenters. The predicted octanol–water partition coefficient (Wildman–Crippen LogP) is 3.46. The molecule has 0 saturated carbocycles. The number of unbranched alkanes of at least 4 members (excludes halogenated alkanes) is 1. The molecule has 102 valence electrons. The van der Waals surface area contributed by atoms with Gasteiger partial charge in [-0.05, 0) is 31.0 Å². The van der Waals surface area contributed by atoms with Crippen molar-refractivity contribution < 1.29 is 8.42 Å². The highest BCUT2D eigenvalue weighted by Crippen LogP contribution is 2.23. The van der Waals surface area contributed by atoms with Crippen LogP contribution in [0.3, 0.4) is 0 Å². The molecular formula is C13H20ClNO2S. The monoisotopic (exact) mass is 289 g/mol. The first-order chi connectivity index (χ1) is 8.38. The number of halogens is 1. The molecule has 0 aliphatic rings. The van der Waals surface area contributed by atoms with Gasteiger partial charge >= 0.3 is 0 Å². The number of benzene rings is 1. The highest BCUT2D eigenvalue weighted by Gasteiger charge is 2.23. The first kappa shape index (κ1) is 15.5. The largest absolute Gasteiger partial charge is 0.214 e. The molecule has 1 aromatic rings. The summed E-state index contributed by atoms with van der Waals surface area (Å²) in [5.41, 5.74) is 0.946. The minimum atomic E-state index is -3.18. The van der Waals surface area contributed by atoms with Crippen LogP contribution in [0.2, 0.25) is 5.02 Å². The van der Waals surface area contributed by atoms with Gasteiger partial charge in [0.05, 0.1) is 5.75 Å². The zero-order valence-electron chi connectivity index (χ0n) is 11.1. The molecule has 0 amide bonds. The molecule has 0 fully saturated rings. The van der Waals surface area contributed by atoms with E-state index in [4.69, 9.17) is 11.6 Å². The Bertz CT molecular complexity index is 470. The predicted molar refractivity (Wildman–Crippen MR) is 76.3 cm³/mol. The Balaban J connectivity index is 2.83. The third kappa shape index (κ3) is 3.97. The molecule has 1 rings (SSSR count). The Morgan fingerprint density at radius 3 is 2.33 bits per heavy atom. The van der Waals surface area contributed by atoms with E-state index in [1.165, 1.54) is 4.31 Å². The van der Waals surface area contributed by atoms with E-state index in [0.29, 0.717) is 11.4 Å².